The van der Waals surface area contributed by atoms with Gasteiger partial charge in [0.15, 0.2) is 11.5 Å². The number of hydrogen-bond acceptors (Lipinski definition) is 5. The average Bonchev–Trinajstić information content (AvgIpc) is 3.13. The predicted molar refractivity (Wildman–Crippen MR) is 109 cm³/mol. The number of halogens is 1. The van der Waals surface area contributed by atoms with E-state index in [1.54, 1.807) is 6.20 Å². The molecular formula is C20H25ClN4O3. The molecule has 1 aromatic carbocycles. The van der Waals surface area contributed by atoms with Gasteiger partial charge in [-0.1, -0.05) is 12.1 Å². The predicted octanol–water partition coefficient (Wildman–Crippen LogP) is 2.19. The number of aromatic nitrogens is 2. The van der Waals surface area contributed by atoms with Gasteiger partial charge in [0.05, 0.1) is 12.2 Å². The molecule has 150 valence electrons. The molecule has 2 aromatic rings. The molecule has 1 amide bonds. The van der Waals surface area contributed by atoms with Crippen molar-refractivity contribution in [2.24, 2.45) is 7.05 Å². The van der Waals surface area contributed by atoms with Crippen molar-refractivity contribution in [2.75, 3.05) is 32.8 Å². The third-order valence-electron chi connectivity index (χ3n) is 4.95. The van der Waals surface area contributed by atoms with Crippen LogP contribution in [0.1, 0.15) is 24.4 Å². The minimum atomic E-state index is -0.0942. The molecule has 1 atom stereocenters. The van der Waals surface area contributed by atoms with E-state index in [1.165, 1.54) is 0 Å². The molecule has 1 unspecified atom stereocenters. The SMILES string of the molecule is CCOc1cccc2c1OCC(C(=O)N1CCNCC1c1nccn1C)=C2.Cl. The number of imidazole rings is 1. The molecule has 0 spiro atoms. The van der Waals surface area contributed by atoms with Crippen molar-refractivity contribution in [3.8, 4) is 11.5 Å². The van der Waals surface area contributed by atoms with Crippen LogP contribution >= 0.6 is 12.4 Å². The molecule has 0 bridgehead atoms. The number of benzene rings is 1. The monoisotopic (exact) mass is 404 g/mol. The highest BCUT2D eigenvalue weighted by molar-refractivity contribution is 5.99. The molecule has 7 nitrogen and oxygen atoms in total. The standard InChI is InChI=1S/C20H24N4O3.ClH/c1-3-26-17-6-4-5-14-11-15(13-27-18(14)17)20(25)24-10-7-21-12-16(24)19-22-8-9-23(19)2;/h4-6,8-9,11,16,21H,3,7,10,12-13H2,1-2H3;1H. The van der Waals surface area contributed by atoms with E-state index in [4.69, 9.17) is 9.47 Å². The number of carbonyl (C=O) groups is 1. The smallest absolute Gasteiger partial charge is 0.253 e. The van der Waals surface area contributed by atoms with Gasteiger partial charge in [0.2, 0.25) is 0 Å². The Hall–Kier alpha value is -2.51. The summed E-state index contributed by atoms with van der Waals surface area (Å²) in [5.74, 6) is 2.30. The van der Waals surface area contributed by atoms with E-state index in [0.717, 1.165) is 17.9 Å². The fraction of sp³-hybridized carbons (Fsp3) is 0.400. The largest absolute Gasteiger partial charge is 0.490 e. The van der Waals surface area contributed by atoms with Crippen LogP contribution in [0.4, 0.5) is 0 Å². The van der Waals surface area contributed by atoms with Crippen LogP contribution in [0.5, 0.6) is 11.5 Å². The Morgan fingerprint density at radius 1 is 1.43 bits per heavy atom. The van der Waals surface area contributed by atoms with Crippen molar-refractivity contribution in [3.05, 3.63) is 47.6 Å². The lowest BCUT2D eigenvalue weighted by molar-refractivity contribution is -0.131. The number of piperazine rings is 1. The maximum absolute atomic E-state index is 13.3. The molecule has 1 saturated heterocycles. The molecule has 1 N–H and O–H groups in total. The Bertz CT molecular complexity index is 880. The topological polar surface area (TPSA) is 68.6 Å². The minimum absolute atomic E-state index is 0. The third-order valence-corrected chi connectivity index (χ3v) is 4.95. The second-order valence-electron chi connectivity index (χ2n) is 6.68. The number of amides is 1. The highest BCUT2D eigenvalue weighted by Gasteiger charge is 2.33. The number of ether oxygens (including phenoxy) is 2. The lowest BCUT2D eigenvalue weighted by Gasteiger charge is -2.36. The van der Waals surface area contributed by atoms with Gasteiger partial charge < -0.3 is 24.3 Å². The van der Waals surface area contributed by atoms with Crippen molar-refractivity contribution in [3.63, 3.8) is 0 Å². The van der Waals surface area contributed by atoms with Crippen LogP contribution in [0.15, 0.2) is 36.2 Å². The Balaban J connectivity index is 0.00000225. The van der Waals surface area contributed by atoms with E-state index < -0.39 is 0 Å². The van der Waals surface area contributed by atoms with Crippen LogP contribution in [-0.4, -0.2) is 53.2 Å². The highest BCUT2D eigenvalue weighted by atomic mass is 35.5. The van der Waals surface area contributed by atoms with E-state index in [2.05, 4.69) is 10.3 Å². The molecule has 28 heavy (non-hydrogen) atoms. The van der Waals surface area contributed by atoms with Gasteiger partial charge in [0.25, 0.3) is 5.91 Å². The first-order chi connectivity index (χ1) is 13.2. The van der Waals surface area contributed by atoms with Crippen LogP contribution in [0.3, 0.4) is 0 Å². The van der Waals surface area contributed by atoms with E-state index in [-0.39, 0.29) is 31.0 Å². The second kappa shape index (κ2) is 8.67. The summed E-state index contributed by atoms with van der Waals surface area (Å²) < 4.78 is 13.5. The van der Waals surface area contributed by atoms with Gasteiger partial charge in [-0.25, -0.2) is 4.98 Å². The number of carbonyl (C=O) groups excluding carboxylic acids is 1. The van der Waals surface area contributed by atoms with Crippen molar-refractivity contribution in [1.82, 2.24) is 19.8 Å². The summed E-state index contributed by atoms with van der Waals surface area (Å²) in [4.78, 5) is 19.6. The van der Waals surface area contributed by atoms with E-state index >= 15 is 0 Å². The first-order valence-electron chi connectivity index (χ1n) is 9.27. The van der Waals surface area contributed by atoms with Crippen molar-refractivity contribution in [1.29, 1.82) is 0 Å². The zero-order valence-electron chi connectivity index (χ0n) is 16.1. The summed E-state index contributed by atoms with van der Waals surface area (Å²) in [5, 5.41) is 3.36. The molecule has 1 fully saturated rings. The second-order valence-corrected chi connectivity index (χ2v) is 6.68. The van der Waals surface area contributed by atoms with Crippen LogP contribution in [0.2, 0.25) is 0 Å². The lowest BCUT2D eigenvalue weighted by atomic mass is 10.0. The van der Waals surface area contributed by atoms with Gasteiger partial charge in [0, 0.05) is 44.6 Å². The number of nitrogens with zero attached hydrogens (tertiary/aromatic N) is 3. The van der Waals surface area contributed by atoms with E-state index in [1.807, 2.05) is 53.9 Å². The zero-order chi connectivity index (χ0) is 18.8. The fourth-order valence-electron chi connectivity index (χ4n) is 3.63. The normalized spacial score (nSPS) is 18.4. The first-order valence-corrected chi connectivity index (χ1v) is 9.27. The number of hydrogen-bond donors (Lipinski definition) is 1. The van der Waals surface area contributed by atoms with Crippen molar-refractivity contribution in [2.45, 2.75) is 13.0 Å². The lowest BCUT2D eigenvalue weighted by Crippen LogP contribution is -2.50. The first kappa shape index (κ1) is 20.2. The van der Waals surface area contributed by atoms with Gasteiger partial charge in [-0.3, -0.25) is 4.79 Å². The van der Waals surface area contributed by atoms with E-state index in [0.29, 0.717) is 36.8 Å². The Labute approximate surface area is 170 Å². The molecule has 0 radical (unpaired) electrons. The van der Waals surface area contributed by atoms with Gasteiger partial charge in [-0.2, -0.15) is 0 Å². The molecular weight excluding hydrogens is 380 g/mol. The fourth-order valence-corrected chi connectivity index (χ4v) is 3.63. The summed E-state index contributed by atoms with van der Waals surface area (Å²) in [6.45, 7) is 4.85. The summed E-state index contributed by atoms with van der Waals surface area (Å²) >= 11 is 0. The Kier molecular flexibility index (Phi) is 6.26. The summed E-state index contributed by atoms with van der Waals surface area (Å²) in [5.41, 5.74) is 1.52. The number of nitrogens with one attached hydrogen (secondary N) is 1. The zero-order valence-corrected chi connectivity index (χ0v) is 16.9. The Morgan fingerprint density at radius 3 is 3.04 bits per heavy atom. The highest BCUT2D eigenvalue weighted by Crippen LogP contribution is 2.36. The number of fused-ring (bicyclic) bond motifs is 1. The quantitative estimate of drug-likeness (QED) is 0.846. The van der Waals surface area contributed by atoms with Crippen molar-refractivity contribution >= 4 is 24.4 Å². The van der Waals surface area contributed by atoms with Crippen LogP contribution in [-0.2, 0) is 11.8 Å². The maximum Gasteiger partial charge on any atom is 0.253 e. The summed E-state index contributed by atoms with van der Waals surface area (Å²) in [7, 11) is 1.95. The van der Waals surface area contributed by atoms with Gasteiger partial charge in [-0.15, -0.1) is 12.4 Å². The molecule has 4 rings (SSSR count). The molecule has 2 aliphatic heterocycles. The summed E-state index contributed by atoms with van der Waals surface area (Å²) in [6, 6.07) is 5.65. The number of para-hydroxylation sites is 1. The average molecular weight is 405 g/mol. The molecule has 3 heterocycles. The molecule has 2 aliphatic rings. The van der Waals surface area contributed by atoms with Crippen LogP contribution in [0.25, 0.3) is 6.08 Å². The molecule has 0 aliphatic carbocycles. The maximum atomic E-state index is 13.3. The van der Waals surface area contributed by atoms with Crippen LogP contribution in [0, 0.1) is 0 Å². The Morgan fingerprint density at radius 2 is 2.29 bits per heavy atom. The third kappa shape index (κ3) is 3.72. The number of aryl methyl sites for hydroxylation is 1. The van der Waals surface area contributed by atoms with Crippen LogP contribution < -0.4 is 14.8 Å². The van der Waals surface area contributed by atoms with Gasteiger partial charge in [-0.05, 0) is 19.1 Å². The minimum Gasteiger partial charge on any atom is -0.490 e. The number of rotatable bonds is 4. The van der Waals surface area contributed by atoms with Crippen molar-refractivity contribution < 1.29 is 14.3 Å². The molecule has 0 saturated carbocycles. The summed E-state index contributed by atoms with van der Waals surface area (Å²) in [6.07, 6.45) is 5.59. The molecule has 8 heteroatoms. The van der Waals surface area contributed by atoms with Gasteiger partial charge >= 0.3 is 0 Å². The molecule has 1 aromatic heterocycles. The van der Waals surface area contributed by atoms with Gasteiger partial charge in [0.1, 0.15) is 18.5 Å². The van der Waals surface area contributed by atoms with E-state index in [9.17, 15) is 4.79 Å².